The molecule has 5 nitrogen and oxygen atoms in total. The molecule has 0 heterocycles. The number of benzene rings is 3. The van der Waals surface area contributed by atoms with Gasteiger partial charge < -0.3 is 15.0 Å². The van der Waals surface area contributed by atoms with Gasteiger partial charge in [0.2, 0.25) is 5.91 Å². The van der Waals surface area contributed by atoms with Gasteiger partial charge in [0.05, 0.1) is 0 Å². The number of para-hydroxylation sites is 1. The van der Waals surface area contributed by atoms with E-state index in [9.17, 15) is 9.59 Å². The smallest absolute Gasteiger partial charge is 0.261 e. The maximum absolute atomic E-state index is 13.8. The Kier molecular flexibility index (Phi) is 10.8. The molecule has 1 N–H and O–H groups in total. The van der Waals surface area contributed by atoms with Crippen LogP contribution >= 0.6 is 15.9 Å². The van der Waals surface area contributed by atoms with Crippen molar-refractivity contribution in [3.8, 4) is 5.75 Å². The molecule has 2 atom stereocenters. The molecule has 37 heavy (non-hydrogen) atoms. The second-order valence-electron chi connectivity index (χ2n) is 9.65. The molecule has 3 aromatic carbocycles. The minimum atomic E-state index is -0.684. The van der Waals surface area contributed by atoms with Crippen molar-refractivity contribution in [2.45, 2.75) is 65.1 Å². The van der Waals surface area contributed by atoms with Gasteiger partial charge in [0, 0.05) is 23.5 Å². The summed E-state index contributed by atoms with van der Waals surface area (Å²) in [7, 11) is 0. The predicted molar refractivity (Wildman–Crippen MR) is 153 cm³/mol. The summed E-state index contributed by atoms with van der Waals surface area (Å²) >= 11 is 3.48. The summed E-state index contributed by atoms with van der Waals surface area (Å²) in [5.74, 6) is 0.559. The number of ether oxygens (including phenoxy) is 1. The van der Waals surface area contributed by atoms with Crippen LogP contribution in [0.5, 0.6) is 5.75 Å². The summed E-state index contributed by atoms with van der Waals surface area (Å²) in [4.78, 5) is 29.0. The molecule has 0 aliphatic heterocycles. The molecular formula is C31H37BrN2O3. The van der Waals surface area contributed by atoms with Crippen LogP contribution in [0.2, 0.25) is 0 Å². The molecule has 0 saturated heterocycles. The van der Waals surface area contributed by atoms with Crippen molar-refractivity contribution in [3.05, 3.63) is 100 Å². The minimum absolute atomic E-state index is 0.00424. The summed E-state index contributed by atoms with van der Waals surface area (Å²) in [6.45, 7) is 8.35. The highest BCUT2D eigenvalue weighted by molar-refractivity contribution is 9.10. The molecule has 0 spiro atoms. The molecule has 0 fully saturated rings. The van der Waals surface area contributed by atoms with Crippen molar-refractivity contribution in [2.75, 3.05) is 6.61 Å². The van der Waals surface area contributed by atoms with Gasteiger partial charge in [0.15, 0.2) is 6.61 Å². The lowest BCUT2D eigenvalue weighted by atomic mass is 10.0. The van der Waals surface area contributed by atoms with Crippen LogP contribution in [0.3, 0.4) is 0 Å². The number of rotatable bonds is 12. The lowest BCUT2D eigenvalue weighted by molar-refractivity contribution is -0.143. The summed E-state index contributed by atoms with van der Waals surface area (Å²) in [6.07, 6.45) is 1.22. The van der Waals surface area contributed by atoms with Gasteiger partial charge in [-0.05, 0) is 54.2 Å². The maximum atomic E-state index is 13.8. The van der Waals surface area contributed by atoms with Crippen LogP contribution in [-0.4, -0.2) is 35.4 Å². The van der Waals surface area contributed by atoms with E-state index in [1.807, 2.05) is 92.7 Å². The molecule has 0 aromatic heterocycles. The fourth-order valence-corrected chi connectivity index (χ4v) is 4.36. The third-order valence-electron chi connectivity index (χ3n) is 6.43. The van der Waals surface area contributed by atoms with Crippen molar-refractivity contribution < 1.29 is 14.3 Å². The molecule has 3 aromatic rings. The first-order valence-corrected chi connectivity index (χ1v) is 13.7. The SMILES string of the molecule is CC[C@@H](C)NC(=O)[C@H](Cc1ccccc1)N(Cc1ccc(Br)cc1)C(=O)COc1ccccc1C(C)C. The normalized spacial score (nSPS) is 12.6. The number of nitrogens with zero attached hydrogens (tertiary/aromatic N) is 1. The zero-order valence-electron chi connectivity index (χ0n) is 22.1. The number of hydrogen-bond donors (Lipinski definition) is 1. The van der Waals surface area contributed by atoms with Crippen molar-refractivity contribution in [2.24, 2.45) is 0 Å². The Morgan fingerprint density at radius 1 is 0.892 bits per heavy atom. The average molecular weight is 566 g/mol. The Balaban J connectivity index is 1.93. The van der Waals surface area contributed by atoms with Crippen molar-refractivity contribution >= 4 is 27.7 Å². The Morgan fingerprint density at radius 2 is 1.54 bits per heavy atom. The monoisotopic (exact) mass is 564 g/mol. The number of halogens is 1. The van der Waals surface area contributed by atoms with Crippen LogP contribution in [0.4, 0.5) is 0 Å². The fraction of sp³-hybridized carbons (Fsp3) is 0.355. The van der Waals surface area contributed by atoms with E-state index in [0.29, 0.717) is 18.7 Å². The highest BCUT2D eigenvalue weighted by Gasteiger charge is 2.31. The van der Waals surface area contributed by atoms with Crippen LogP contribution in [0.25, 0.3) is 0 Å². The van der Waals surface area contributed by atoms with Gasteiger partial charge in [-0.25, -0.2) is 0 Å². The van der Waals surface area contributed by atoms with Gasteiger partial charge >= 0.3 is 0 Å². The summed E-state index contributed by atoms with van der Waals surface area (Å²) in [6, 6.07) is 24.7. The fourth-order valence-electron chi connectivity index (χ4n) is 4.09. The number of carbonyl (C=O) groups excluding carboxylic acids is 2. The van der Waals surface area contributed by atoms with Crippen LogP contribution in [0, 0.1) is 0 Å². The van der Waals surface area contributed by atoms with E-state index in [2.05, 4.69) is 35.1 Å². The number of hydrogen-bond acceptors (Lipinski definition) is 3. The lowest BCUT2D eigenvalue weighted by Crippen LogP contribution is -2.53. The third-order valence-corrected chi connectivity index (χ3v) is 6.96. The van der Waals surface area contributed by atoms with E-state index >= 15 is 0 Å². The first-order chi connectivity index (χ1) is 17.8. The Labute approximate surface area is 229 Å². The van der Waals surface area contributed by atoms with Gasteiger partial charge in [-0.3, -0.25) is 9.59 Å². The Hall–Kier alpha value is -3.12. The van der Waals surface area contributed by atoms with E-state index in [1.165, 1.54) is 0 Å². The third kappa shape index (κ3) is 8.46. The standard InChI is InChI=1S/C31H37BrN2O3/c1-5-23(4)33-31(36)28(19-24-11-7-6-8-12-24)34(20-25-15-17-26(32)18-16-25)30(35)21-37-29-14-10-9-13-27(29)22(2)3/h6-18,22-23,28H,5,19-21H2,1-4H3,(H,33,36)/t23-,28+/m1/s1. The second-order valence-corrected chi connectivity index (χ2v) is 10.6. The molecule has 2 amide bonds. The van der Waals surface area contributed by atoms with Crippen LogP contribution in [0.15, 0.2) is 83.3 Å². The summed E-state index contributed by atoms with van der Waals surface area (Å²) in [5.41, 5.74) is 2.98. The van der Waals surface area contributed by atoms with Gasteiger partial charge in [-0.1, -0.05) is 97.4 Å². The molecule has 0 unspecified atom stereocenters. The van der Waals surface area contributed by atoms with Gasteiger partial charge in [0.1, 0.15) is 11.8 Å². The van der Waals surface area contributed by atoms with E-state index < -0.39 is 6.04 Å². The maximum Gasteiger partial charge on any atom is 0.261 e. The second kappa shape index (κ2) is 14.0. The number of carbonyl (C=O) groups is 2. The van der Waals surface area contributed by atoms with Crippen molar-refractivity contribution in [1.29, 1.82) is 0 Å². The largest absolute Gasteiger partial charge is 0.483 e. The first-order valence-electron chi connectivity index (χ1n) is 12.9. The van der Waals surface area contributed by atoms with E-state index in [-0.39, 0.29) is 30.4 Å². The van der Waals surface area contributed by atoms with Gasteiger partial charge in [-0.15, -0.1) is 0 Å². The van der Waals surface area contributed by atoms with Crippen LogP contribution in [0.1, 0.15) is 56.7 Å². The van der Waals surface area contributed by atoms with Crippen LogP contribution < -0.4 is 10.1 Å². The summed E-state index contributed by atoms with van der Waals surface area (Å²) < 4.78 is 7.01. The Bertz CT molecular complexity index is 1150. The quantitative estimate of drug-likeness (QED) is 0.273. The van der Waals surface area contributed by atoms with Crippen molar-refractivity contribution in [3.63, 3.8) is 0 Å². The van der Waals surface area contributed by atoms with Gasteiger partial charge in [0.25, 0.3) is 5.91 Å². The number of amides is 2. The molecule has 0 bridgehead atoms. The van der Waals surface area contributed by atoms with Crippen molar-refractivity contribution in [1.82, 2.24) is 10.2 Å². The molecule has 0 aliphatic carbocycles. The van der Waals surface area contributed by atoms with E-state index in [4.69, 9.17) is 4.74 Å². The van der Waals surface area contributed by atoms with E-state index in [1.54, 1.807) is 4.90 Å². The van der Waals surface area contributed by atoms with Gasteiger partial charge in [-0.2, -0.15) is 0 Å². The average Bonchev–Trinajstić information content (AvgIpc) is 2.90. The Morgan fingerprint density at radius 3 is 2.19 bits per heavy atom. The first kappa shape index (κ1) is 28.5. The minimum Gasteiger partial charge on any atom is -0.483 e. The van der Waals surface area contributed by atoms with E-state index in [0.717, 1.165) is 27.6 Å². The van der Waals surface area contributed by atoms with Crippen LogP contribution in [-0.2, 0) is 22.6 Å². The zero-order valence-corrected chi connectivity index (χ0v) is 23.7. The topological polar surface area (TPSA) is 58.6 Å². The highest BCUT2D eigenvalue weighted by atomic mass is 79.9. The predicted octanol–water partition coefficient (Wildman–Crippen LogP) is 6.51. The summed E-state index contributed by atoms with van der Waals surface area (Å²) in [5, 5.41) is 3.10. The molecule has 0 radical (unpaired) electrons. The highest BCUT2D eigenvalue weighted by Crippen LogP contribution is 2.26. The lowest BCUT2D eigenvalue weighted by Gasteiger charge is -2.32. The number of nitrogens with one attached hydrogen (secondary N) is 1. The molecule has 3 rings (SSSR count). The molecule has 0 aliphatic rings. The zero-order chi connectivity index (χ0) is 26.8. The molecule has 6 heteroatoms. The molecule has 196 valence electrons. The molecule has 0 saturated carbocycles. The molecular weight excluding hydrogens is 528 g/mol.